The third-order valence-corrected chi connectivity index (χ3v) is 4.20. The highest BCUT2D eigenvalue weighted by atomic mass is 15.3. The monoisotopic (exact) mass is 281 g/mol. The van der Waals surface area contributed by atoms with Gasteiger partial charge < -0.3 is 10.6 Å². The summed E-state index contributed by atoms with van der Waals surface area (Å²) in [7, 11) is 0. The van der Waals surface area contributed by atoms with Crippen molar-refractivity contribution in [3.05, 3.63) is 59.7 Å². The van der Waals surface area contributed by atoms with Gasteiger partial charge in [-0.3, -0.25) is 4.90 Å². The van der Waals surface area contributed by atoms with E-state index in [1.807, 2.05) is 6.07 Å². The fourth-order valence-electron chi connectivity index (χ4n) is 2.96. The second kappa shape index (κ2) is 6.19. The maximum atomic E-state index is 5.93. The molecule has 3 heteroatoms. The molecule has 1 fully saturated rings. The second-order valence-electron chi connectivity index (χ2n) is 5.79. The van der Waals surface area contributed by atoms with E-state index in [0.29, 0.717) is 0 Å². The molecule has 21 heavy (non-hydrogen) atoms. The molecule has 0 bridgehead atoms. The number of anilines is 2. The van der Waals surface area contributed by atoms with Crippen molar-refractivity contribution in [3.63, 3.8) is 0 Å². The summed E-state index contributed by atoms with van der Waals surface area (Å²) in [6, 6.07) is 16.9. The molecule has 1 aliphatic rings. The van der Waals surface area contributed by atoms with Crippen molar-refractivity contribution in [2.45, 2.75) is 13.5 Å². The van der Waals surface area contributed by atoms with Crippen LogP contribution in [0, 0.1) is 6.92 Å². The minimum Gasteiger partial charge on any atom is -0.399 e. The normalized spacial score (nSPS) is 16.1. The van der Waals surface area contributed by atoms with Crippen molar-refractivity contribution in [2.75, 3.05) is 36.8 Å². The molecular formula is C18H23N3. The van der Waals surface area contributed by atoms with Gasteiger partial charge in [0.1, 0.15) is 0 Å². The topological polar surface area (TPSA) is 32.5 Å². The fraction of sp³-hybridized carbons (Fsp3) is 0.333. The van der Waals surface area contributed by atoms with Gasteiger partial charge in [-0.2, -0.15) is 0 Å². The van der Waals surface area contributed by atoms with Crippen LogP contribution in [0.15, 0.2) is 48.5 Å². The lowest BCUT2D eigenvalue weighted by molar-refractivity contribution is 0.250. The Hall–Kier alpha value is -2.00. The average Bonchev–Trinajstić information content (AvgIpc) is 2.52. The lowest BCUT2D eigenvalue weighted by atomic mass is 10.1. The average molecular weight is 281 g/mol. The molecule has 3 nitrogen and oxygen atoms in total. The van der Waals surface area contributed by atoms with E-state index in [-0.39, 0.29) is 0 Å². The van der Waals surface area contributed by atoms with Crippen molar-refractivity contribution in [2.24, 2.45) is 0 Å². The molecule has 0 atom stereocenters. The molecule has 0 spiro atoms. The summed E-state index contributed by atoms with van der Waals surface area (Å²) in [5, 5.41) is 0. The molecule has 0 radical (unpaired) electrons. The van der Waals surface area contributed by atoms with E-state index in [4.69, 9.17) is 5.73 Å². The van der Waals surface area contributed by atoms with Gasteiger partial charge >= 0.3 is 0 Å². The molecule has 0 amide bonds. The summed E-state index contributed by atoms with van der Waals surface area (Å²) in [4.78, 5) is 4.97. The number of piperazine rings is 1. The molecule has 1 heterocycles. The number of aryl methyl sites for hydroxylation is 1. The highest BCUT2D eigenvalue weighted by Crippen LogP contribution is 2.24. The number of nitrogens with zero attached hydrogens (tertiary/aromatic N) is 2. The van der Waals surface area contributed by atoms with E-state index in [0.717, 1.165) is 38.4 Å². The van der Waals surface area contributed by atoms with E-state index in [1.54, 1.807) is 0 Å². The largest absolute Gasteiger partial charge is 0.399 e. The number of nitrogen functional groups attached to an aromatic ring is 1. The predicted molar refractivity (Wildman–Crippen MR) is 89.5 cm³/mol. The Labute approximate surface area is 127 Å². The summed E-state index contributed by atoms with van der Waals surface area (Å²) in [5.41, 5.74) is 10.8. The molecule has 0 saturated carbocycles. The smallest absolute Gasteiger partial charge is 0.0417 e. The maximum Gasteiger partial charge on any atom is 0.0417 e. The van der Waals surface area contributed by atoms with E-state index in [1.165, 1.54) is 16.8 Å². The zero-order valence-corrected chi connectivity index (χ0v) is 12.6. The number of hydrogen-bond donors (Lipinski definition) is 1. The first-order chi connectivity index (χ1) is 10.2. The van der Waals surface area contributed by atoms with Crippen LogP contribution in [0.3, 0.4) is 0 Å². The van der Waals surface area contributed by atoms with Gasteiger partial charge in [0, 0.05) is 44.1 Å². The molecular weight excluding hydrogens is 258 g/mol. The van der Waals surface area contributed by atoms with Gasteiger partial charge in [0.05, 0.1) is 0 Å². The predicted octanol–water partition coefficient (Wildman–Crippen LogP) is 2.90. The summed E-state index contributed by atoms with van der Waals surface area (Å²) >= 11 is 0. The number of rotatable bonds is 3. The van der Waals surface area contributed by atoms with Gasteiger partial charge in [0.2, 0.25) is 0 Å². The molecule has 2 aromatic carbocycles. The summed E-state index contributed by atoms with van der Waals surface area (Å²) in [5.74, 6) is 0. The van der Waals surface area contributed by atoms with Gasteiger partial charge in [-0.05, 0) is 30.2 Å². The van der Waals surface area contributed by atoms with Crippen molar-refractivity contribution in [1.82, 2.24) is 4.90 Å². The lowest BCUT2D eigenvalue weighted by Crippen LogP contribution is -2.46. The van der Waals surface area contributed by atoms with E-state index in [2.05, 4.69) is 59.2 Å². The van der Waals surface area contributed by atoms with Crippen LogP contribution in [0.1, 0.15) is 11.1 Å². The Morgan fingerprint density at radius 1 is 0.952 bits per heavy atom. The zero-order valence-electron chi connectivity index (χ0n) is 12.6. The first-order valence-electron chi connectivity index (χ1n) is 7.60. The van der Waals surface area contributed by atoms with Gasteiger partial charge in [-0.15, -0.1) is 0 Å². The Kier molecular flexibility index (Phi) is 4.11. The molecule has 2 N–H and O–H groups in total. The molecule has 1 saturated heterocycles. The first-order valence-corrected chi connectivity index (χ1v) is 7.60. The van der Waals surface area contributed by atoms with Gasteiger partial charge in [-0.25, -0.2) is 0 Å². The van der Waals surface area contributed by atoms with Crippen LogP contribution >= 0.6 is 0 Å². The molecule has 0 aliphatic carbocycles. The first kappa shape index (κ1) is 14.0. The third-order valence-electron chi connectivity index (χ3n) is 4.20. The van der Waals surface area contributed by atoms with Crippen LogP contribution in [0.4, 0.5) is 11.4 Å². The summed E-state index contributed by atoms with van der Waals surface area (Å²) in [6.45, 7) is 7.54. The third kappa shape index (κ3) is 3.37. The van der Waals surface area contributed by atoms with E-state index >= 15 is 0 Å². The molecule has 0 aromatic heterocycles. The molecule has 110 valence electrons. The van der Waals surface area contributed by atoms with Crippen LogP contribution in [0.5, 0.6) is 0 Å². The second-order valence-corrected chi connectivity index (χ2v) is 5.79. The van der Waals surface area contributed by atoms with Crippen molar-refractivity contribution < 1.29 is 0 Å². The van der Waals surface area contributed by atoms with Crippen molar-refractivity contribution >= 4 is 11.4 Å². The Morgan fingerprint density at radius 2 is 1.67 bits per heavy atom. The Morgan fingerprint density at radius 3 is 2.38 bits per heavy atom. The highest BCUT2D eigenvalue weighted by molar-refractivity contribution is 5.61. The molecule has 2 aromatic rings. The number of nitrogens with two attached hydrogens (primary N) is 1. The van der Waals surface area contributed by atoms with Crippen LogP contribution < -0.4 is 10.6 Å². The molecule has 0 unspecified atom stereocenters. The Bertz CT molecular complexity index is 587. The molecule has 1 aliphatic heterocycles. The van der Waals surface area contributed by atoms with Crippen LogP contribution in [0.2, 0.25) is 0 Å². The zero-order chi connectivity index (χ0) is 14.7. The lowest BCUT2D eigenvalue weighted by Gasteiger charge is -2.37. The van der Waals surface area contributed by atoms with E-state index < -0.39 is 0 Å². The highest BCUT2D eigenvalue weighted by Gasteiger charge is 2.18. The Balaban J connectivity index is 1.61. The number of hydrogen-bond acceptors (Lipinski definition) is 3. The van der Waals surface area contributed by atoms with Gasteiger partial charge in [0.15, 0.2) is 0 Å². The maximum absolute atomic E-state index is 5.93. The quantitative estimate of drug-likeness (QED) is 0.878. The number of benzene rings is 2. The minimum atomic E-state index is 0.849. The summed E-state index contributed by atoms with van der Waals surface area (Å²) in [6.07, 6.45) is 0. The van der Waals surface area contributed by atoms with Crippen molar-refractivity contribution in [3.8, 4) is 0 Å². The van der Waals surface area contributed by atoms with Crippen LogP contribution in [0.25, 0.3) is 0 Å². The standard InChI is InChI=1S/C18H23N3/c1-15-7-8-17(19)13-18(15)21-11-9-20(10-12-21)14-16-5-3-2-4-6-16/h2-8,13H,9-12,14,19H2,1H3. The van der Waals surface area contributed by atoms with E-state index in [9.17, 15) is 0 Å². The summed E-state index contributed by atoms with van der Waals surface area (Å²) < 4.78 is 0. The van der Waals surface area contributed by atoms with Crippen molar-refractivity contribution in [1.29, 1.82) is 0 Å². The van der Waals surface area contributed by atoms with Gasteiger partial charge in [-0.1, -0.05) is 36.4 Å². The van der Waals surface area contributed by atoms with Crippen LogP contribution in [-0.4, -0.2) is 31.1 Å². The van der Waals surface area contributed by atoms with Crippen LogP contribution in [-0.2, 0) is 6.54 Å². The molecule has 3 rings (SSSR count). The minimum absolute atomic E-state index is 0.849. The SMILES string of the molecule is Cc1ccc(N)cc1N1CCN(Cc2ccccc2)CC1. The van der Waals surface area contributed by atoms with Gasteiger partial charge in [0.25, 0.3) is 0 Å². The fourth-order valence-corrected chi connectivity index (χ4v) is 2.96.